The minimum absolute atomic E-state index is 0.347. The van der Waals surface area contributed by atoms with Crippen LogP contribution >= 0.6 is 11.3 Å². The predicted octanol–water partition coefficient (Wildman–Crippen LogP) is 1.86. The number of furan rings is 1. The Morgan fingerprint density at radius 1 is 1.38 bits per heavy atom. The van der Waals surface area contributed by atoms with Crippen molar-refractivity contribution in [2.45, 2.75) is 10.6 Å². The van der Waals surface area contributed by atoms with Gasteiger partial charge < -0.3 is 4.42 Å². The average Bonchev–Trinajstić information content (AvgIpc) is 2.90. The Kier molecular flexibility index (Phi) is 3.42. The highest BCUT2D eigenvalue weighted by Gasteiger charge is 2.13. The number of hydrogen-bond acceptors (Lipinski definition) is 4. The fourth-order valence-corrected chi connectivity index (χ4v) is 3.32. The first-order valence-electron chi connectivity index (χ1n) is 4.73. The molecule has 0 radical (unpaired) electrons. The van der Waals surface area contributed by atoms with Gasteiger partial charge in [-0.25, -0.2) is 13.1 Å². The first kappa shape index (κ1) is 11.4. The van der Waals surface area contributed by atoms with Crippen molar-refractivity contribution in [3.8, 4) is 0 Å². The molecule has 0 bridgehead atoms. The molecule has 16 heavy (non-hydrogen) atoms. The van der Waals surface area contributed by atoms with Gasteiger partial charge in [0.05, 0.1) is 12.5 Å². The Balaban J connectivity index is 1.91. The fraction of sp³-hybridized carbons (Fsp3) is 0.200. The number of nitrogens with one attached hydrogen (secondary N) is 1. The van der Waals surface area contributed by atoms with Crippen LogP contribution in [0.15, 0.2) is 44.7 Å². The van der Waals surface area contributed by atoms with Crippen LogP contribution in [0, 0.1) is 0 Å². The van der Waals surface area contributed by atoms with E-state index in [1.54, 1.807) is 30.0 Å². The van der Waals surface area contributed by atoms with Gasteiger partial charge in [-0.2, -0.15) is 0 Å². The van der Waals surface area contributed by atoms with Crippen molar-refractivity contribution in [2.24, 2.45) is 0 Å². The van der Waals surface area contributed by atoms with Gasteiger partial charge in [-0.3, -0.25) is 0 Å². The topological polar surface area (TPSA) is 59.3 Å². The summed E-state index contributed by atoms with van der Waals surface area (Å²) in [5, 5.41) is 1.74. The third kappa shape index (κ3) is 2.72. The summed E-state index contributed by atoms with van der Waals surface area (Å²) in [5.74, 6) is 0. The summed E-state index contributed by atoms with van der Waals surface area (Å²) in [4.78, 5) is 0. The maximum atomic E-state index is 11.7. The lowest BCUT2D eigenvalue weighted by Gasteiger charge is -2.02. The van der Waals surface area contributed by atoms with E-state index in [2.05, 4.69) is 4.72 Å². The Hall–Kier alpha value is -1.11. The molecule has 6 heteroatoms. The molecule has 2 aromatic rings. The minimum atomic E-state index is -3.33. The molecule has 0 aliphatic rings. The summed E-state index contributed by atoms with van der Waals surface area (Å²) in [5.41, 5.74) is 0.980. The molecule has 0 aromatic carbocycles. The summed E-state index contributed by atoms with van der Waals surface area (Å²) in [6.07, 6.45) is 3.81. The second-order valence-corrected chi connectivity index (χ2v) is 6.15. The maximum absolute atomic E-state index is 11.7. The van der Waals surface area contributed by atoms with Crippen molar-refractivity contribution in [1.29, 1.82) is 0 Å². The molecule has 1 N–H and O–H groups in total. The van der Waals surface area contributed by atoms with Crippen LogP contribution in [0.2, 0.25) is 0 Å². The molecule has 0 saturated carbocycles. The average molecular weight is 257 g/mol. The summed E-state index contributed by atoms with van der Waals surface area (Å²) in [6.45, 7) is 0.375. The molecule has 86 valence electrons. The van der Waals surface area contributed by atoms with E-state index in [0.717, 1.165) is 5.56 Å². The molecule has 2 rings (SSSR count). The summed E-state index contributed by atoms with van der Waals surface area (Å²) in [7, 11) is -3.33. The van der Waals surface area contributed by atoms with Crippen LogP contribution in [0.25, 0.3) is 0 Å². The van der Waals surface area contributed by atoms with Crippen LogP contribution < -0.4 is 4.72 Å². The number of hydrogen-bond donors (Lipinski definition) is 1. The van der Waals surface area contributed by atoms with E-state index in [1.165, 1.54) is 11.3 Å². The maximum Gasteiger partial charge on any atom is 0.250 e. The van der Waals surface area contributed by atoms with E-state index in [4.69, 9.17) is 4.42 Å². The molecule has 0 aliphatic heterocycles. The summed E-state index contributed by atoms with van der Waals surface area (Å²) in [6, 6.07) is 5.12. The van der Waals surface area contributed by atoms with Crippen LogP contribution in [-0.2, 0) is 16.4 Å². The minimum Gasteiger partial charge on any atom is -0.472 e. The zero-order chi connectivity index (χ0) is 11.4. The highest BCUT2D eigenvalue weighted by atomic mass is 32.2. The van der Waals surface area contributed by atoms with Crippen molar-refractivity contribution < 1.29 is 12.8 Å². The first-order valence-corrected chi connectivity index (χ1v) is 7.09. The third-order valence-corrected chi connectivity index (χ3v) is 4.90. The van der Waals surface area contributed by atoms with Crippen LogP contribution in [0.5, 0.6) is 0 Å². The lowest BCUT2D eigenvalue weighted by atomic mass is 10.2. The lowest BCUT2D eigenvalue weighted by molar-refractivity contribution is 0.562. The van der Waals surface area contributed by atoms with Crippen molar-refractivity contribution in [3.63, 3.8) is 0 Å². The van der Waals surface area contributed by atoms with E-state index in [9.17, 15) is 8.42 Å². The Bertz CT molecular complexity index is 514. The molecule has 0 fully saturated rings. The Morgan fingerprint density at radius 2 is 2.25 bits per heavy atom. The van der Waals surface area contributed by atoms with Gasteiger partial charge >= 0.3 is 0 Å². The van der Waals surface area contributed by atoms with E-state index < -0.39 is 10.0 Å². The Morgan fingerprint density at radius 3 is 2.88 bits per heavy atom. The highest BCUT2D eigenvalue weighted by molar-refractivity contribution is 7.91. The number of sulfonamides is 1. The van der Waals surface area contributed by atoms with Gasteiger partial charge in [0.15, 0.2) is 0 Å². The molecule has 2 heterocycles. The van der Waals surface area contributed by atoms with E-state index in [0.29, 0.717) is 17.2 Å². The second kappa shape index (κ2) is 4.82. The summed E-state index contributed by atoms with van der Waals surface area (Å²) >= 11 is 1.21. The van der Waals surface area contributed by atoms with Crippen molar-refractivity contribution in [1.82, 2.24) is 4.72 Å². The van der Waals surface area contributed by atoms with E-state index >= 15 is 0 Å². The van der Waals surface area contributed by atoms with Crippen molar-refractivity contribution >= 4 is 21.4 Å². The van der Waals surface area contributed by atoms with Crippen LogP contribution in [0.4, 0.5) is 0 Å². The molecule has 0 atom stereocenters. The van der Waals surface area contributed by atoms with Gasteiger partial charge in [0.25, 0.3) is 0 Å². The second-order valence-electron chi connectivity index (χ2n) is 3.21. The van der Waals surface area contributed by atoms with Gasteiger partial charge in [-0.1, -0.05) is 6.07 Å². The number of thiophene rings is 1. The van der Waals surface area contributed by atoms with E-state index in [1.807, 2.05) is 6.07 Å². The fourth-order valence-electron chi connectivity index (χ4n) is 1.25. The van der Waals surface area contributed by atoms with Gasteiger partial charge in [0.1, 0.15) is 4.21 Å². The molecular formula is C10H11NO3S2. The van der Waals surface area contributed by atoms with Gasteiger partial charge in [-0.15, -0.1) is 11.3 Å². The van der Waals surface area contributed by atoms with Gasteiger partial charge in [0, 0.05) is 6.54 Å². The van der Waals surface area contributed by atoms with Crippen LogP contribution in [0.1, 0.15) is 5.56 Å². The molecule has 0 unspecified atom stereocenters. The van der Waals surface area contributed by atoms with E-state index in [-0.39, 0.29) is 0 Å². The van der Waals surface area contributed by atoms with Gasteiger partial charge in [0.2, 0.25) is 10.0 Å². The molecule has 0 amide bonds. The molecular weight excluding hydrogens is 246 g/mol. The zero-order valence-electron chi connectivity index (χ0n) is 8.42. The monoisotopic (exact) mass is 257 g/mol. The largest absolute Gasteiger partial charge is 0.472 e. The number of rotatable bonds is 5. The standard InChI is InChI=1S/C10H11NO3S2/c12-16(13,10-2-1-7-15-10)11-5-3-9-4-6-14-8-9/h1-2,4,6-8,11H,3,5H2. The smallest absolute Gasteiger partial charge is 0.250 e. The molecule has 0 spiro atoms. The van der Waals surface area contributed by atoms with Gasteiger partial charge in [-0.05, 0) is 29.5 Å². The van der Waals surface area contributed by atoms with Crippen LogP contribution in [0.3, 0.4) is 0 Å². The molecule has 4 nitrogen and oxygen atoms in total. The SMILES string of the molecule is O=S(=O)(NCCc1ccoc1)c1cccs1. The van der Waals surface area contributed by atoms with Crippen LogP contribution in [-0.4, -0.2) is 15.0 Å². The summed E-state index contributed by atoms with van der Waals surface area (Å²) < 4.78 is 31.2. The molecule has 0 aliphatic carbocycles. The van der Waals surface area contributed by atoms with Crippen molar-refractivity contribution in [2.75, 3.05) is 6.54 Å². The molecule has 0 saturated heterocycles. The normalized spacial score (nSPS) is 11.8. The Labute approximate surface area is 98.0 Å². The first-order chi connectivity index (χ1) is 7.68. The quantitative estimate of drug-likeness (QED) is 0.889. The zero-order valence-corrected chi connectivity index (χ0v) is 10.1. The predicted molar refractivity (Wildman–Crippen MR) is 61.9 cm³/mol. The third-order valence-electron chi connectivity index (χ3n) is 2.05. The lowest BCUT2D eigenvalue weighted by Crippen LogP contribution is -2.25. The highest BCUT2D eigenvalue weighted by Crippen LogP contribution is 2.15. The van der Waals surface area contributed by atoms with Crippen molar-refractivity contribution in [3.05, 3.63) is 41.7 Å². The molecule has 2 aromatic heterocycles.